The molecule has 0 unspecified atom stereocenters. The van der Waals surface area contributed by atoms with Crippen LogP contribution in [0.4, 0.5) is 0 Å². The van der Waals surface area contributed by atoms with Gasteiger partial charge in [-0.1, -0.05) is 40.0 Å². The molecule has 0 saturated heterocycles. The average molecular weight is 317 g/mol. The third-order valence-electron chi connectivity index (χ3n) is 4.13. The van der Waals surface area contributed by atoms with Crippen molar-refractivity contribution in [2.45, 2.75) is 58.9 Å². The third-order valence-corrected chi connectivity index (χ3v) is 4.60. The van der Waals surface area contributed by atoms with Crippen LogP contribution in [0.5, 0.6) is 0 Å². The summed E-state index contributed by atoms with van der Waals surface area (Å²) in [5.74, 6) is 1.41. The molecule has 20 heavy (non-hydrogen) atoms. The summed E-state index contributed by atoms with van der Waals surface area (Å²) < 4.78 is 0. The van der Waals surface area contributed by atoms with E-state index in [0.717, 1.165) is 25.3 Å². The van der Waals surface area contributed by atoms with Gasteiger partial charge >= 0.3 is 0 Å². The van der Waals surface area contributed by atoms with Crippen molar-refractivity contribution in [2.75, 3.05) is 6.54 Å². The van der Waals surface area contributed by atoms with Gasteiger partial charge in [-0.05, 0) is 49.1 Å². The molecule has 6 heteroatoms. The molecular formula is C14H28N4S2. The molecule has 1 rings (SSSR count). The van der Waals surface area contributed by atoms with Crippen molar-refractivity contribution in [1.82, 2.24) is 21.5 Å². The van der Waals surface area contributed by atoms with Gasteiger partial charge in [0.05, 0.1) is 0 Å². The predicted molar refractivity (Wildman–Crippen MR) is 93.5 cm³/mol. The Hall–Kier alpha value is -0.620. The molecule has 3 atom stereocenters. The summed E-state index contributed by atoms with van der Waals surface area (Å²) in [6, 6.07) is 0.460. The molecule has 0 aromatic heterocycles. The third kappa shape index (κ3) is 6.22. The molecule has 0 heterocycles. The van der Waals surface area contributed by atoms with Crippen molar-refractivity contribution in [2.24, 2.45) is 11.8 Å². The van der Waals surface area contributed by atoms with Crippen LogP contribution in [0.2, 0.25) is 0 Å². The minimum atomic E-state index is 0.460. The zero-order valence-electron chi connectivity index (χ0n) is 12.8. The Labute approximate surface area is 133 Å². The summed E-state index contributed by atoms with van der Waals surface area (Å²) in [4.78, 5) is 0. The highest BCUT2D eigenvalue weighted by Crippen LogP contribution is 2.29. The van der Waals surface area contributed by atoms with Crippen molar-refractivity contribution in [3.63, 3.8) is 0 Å². The van der Waals surface area contributed by atoms with Crippen LogP contribution in [0, 0.1) is 11.8 Å². The summed E-state index contributed by atoms with van der Waals surface area (Å²) >= 11 is 10.5. The van der Waals surface area contributed by atoms with Crippen LogP contribution in [0.3, 0.4) is 0 Å². The summed E-state index contributed by atoms with van der Waals surface area (Å²) in [7, 11) is 0. The maximum atomic E-state index is 5.31. The Morgan fingerprint density at radius 3 is 2.50 bits per heavy atom. The lowest BCUT2D eigenvalue weighted by Gasteiger charge is -2.35. The predicted octanol–water partition coefficient (Wildman–Crippen LogP) is 2.45. The van der Waals surface area contributed by atoms with E-state index in [2.05, 4.69) is 42.3 Å². The fourth-order valence-electron chi connectivity index (χ4n) is 2.53. The fraction of sp³-hybridized carbons (Fsp3) is 0.857. The van der Waals surface area contributed by atoms with Gasteiger partial charge in [-0.15, -0.1) is 0 Å². The van der Waals surface area contributed by atoms with Gasteiger partial charge in [0.1, 0.15) is 0 Å². The van der Waals surface area contributed by atoms with Crippen molar-refractivity contribution in [3.8, 4) is 0 Å². The summed E-state index contributed by atoms with van der Waals surface area (Å²) in [5, 5.41) is 7.73. The lowest BCUT2D eigenvalue weighted by Crippen LogP contribution is -2.54. The number of hydrogen-bond donors (Lipinski definition) is 4. The summed E-state index contributed by atoms with van der Waals surface area (Å²) in [5.41, 5.74) is 5.88. The van der Waals surface area contributed by atoms with Gasteiger partial charge in [0.15, 0.2) is 10.2 Å². The zero-order valence-corrected chi connectivity index (χ0v) is 14.4. The first-order valence-corrected chi connectivity index (χ1v) is 8.46. The molecule has 116 valence electrons. The Morgan fingerprint density at radius 1 is 1.10 bits per heavy atom. The number of unbranched alkanes of at least 4 members (excludes halogenated alkanes) is 1. The highest BCUT2D eigenvalue weighted by molar-refractivity contribution is 7.80. The van der Waals surface area contributed by atoms with E-state index in [1.54, 1.807) is 0 Å². The second-order valence-electron chi connectivity index (χ2n) is 5.71. The minimum Gasteiger partial charge on any atom is -0.361 e. The lowest BCUT2D eigenvalue weighted by molar-refractivity contribution is 0.224. The molecule has 0 aliphatic heterocycles. The molecular weight excluding hydrogens is 288 g/mol. The molecule has 0 radical (unpaired) electrons. The van der Waals surface area contributed by atoms with Gasteiger partial charge < -0.3 is 10.6 Å². The van der Waals surface area contributed by atoms with E-state index in [1.165, 1.54) is 19.3 Å². The number of hydrogen-bond acceptors (Lipinski definition) is 2. The SMILES string of the molecule is CCCCNC(=S)NNC(=S)N[C@@H]1CCC[C@@H](C)[C@@H]1C. The Kier molecular flexibility index (Phi) is 8.14. The van der Waals surface area contributed by atoms with Gasteiger partial charge in [0.25, 0.3) is 0 Å². The van der Waals surface area contributed by atoms with Crippen LogP contribution >= 0.6 is 24.4 Å². The van der Waals surface area contributed by atoms with E-state index in [9.17, 15) is 0 Å². The second-order valence-corrected chi connectivity index (χ2v) is 6.52. The molecule has 1 saturated carbocycles. The highest BCUT2D eigenvalue weighted by atomic mass is 32.1. The Morgan fingerprint density at radius 2 is 1.80 bits per heavy atom. The van der Waals surface area contributed by atoms with Crippen LogP contribution in [0.1, 0.15) is 52.9 Å². The minimum absolute atomic E-state index is 0.460. The topological polar surface area (TPSA) is 48.1 Å². The molecule has 0 aromatic carbocycles. The molecule has 0 spiro atoms. The van der Waals surface area contributed by atoms with E-state index in [0.29, 0.717) is 22.2 Å². The molecule has 4 nitrogen and oxygen atoms in total. The smallest absolute Gasteiger partial charge is 0.185 e. The normalized spacial score (nSPS) is 25.6. The molecule has 1 fully saturated rings. The highest BCUT2D eigenvalue weighted by Gasteiger charge is 2.27. The van der Waals surface area contributed by atoms with E-state index in [-0.39, 0.29) is 0 Å². The summed E-state index contributed by atoms with van der Waals surface area (Å²) in [6.45, 7) is 7.66. The largest absolute Gasteiger partial charge is 0.361 e. The van der Waals surface area contributed by atoms with E-state index >= 15 is 0 Å². The number of thiocarbonyl (C=S) groups is 2. The van der Waals surface area contributed by atoms with E-state index in [1.807, 2.05) is 0 Å². The van der Waals surface area contributed by atoms with E-state index in [4.69, 9.17) is 24.4 Å². The van der Waals surface area contributed by atoms with Crippen molar-refractivity contribution in [3.05, 3.63) is 0 Å². The van der Waals surface area contributed by atoms with Crippen LogP contribution in [-0.4, -0.2) is 22.8 Å². The van der Waals surface area contributed by atoms with Crippen LogP contribution < -0.4 is 21.5 Å². The molecule has 4 N–H and O–H groups in total. The van der Waals surface area contributed by atoms with Gasteiger partial charge in [0, 0.05) is 12.6 Å². The van der Waals surface area contributed by atoms with Crippen molar-refractivity contribution in [1.29, 1.82) is 0 Å². The first-order valence-electron chi connectivity index (χ1n) is 7.65. The first kappa shape index (κ1) is 17.4. The van der Waals surface area contributed by atoms with Gasteiger partial charge in [-0.3, -0.25) is 10.9 Å². The number of nitrogens with one attached hydrogen (secondary N) is 4. The molecule has 0 aromatic rings. The lowest BCUT2D eigenvalue weighted by atomic mass is 9.78. The first-order chi connectivity index (χ1) is 9.54. The van der Waals surface area contributed by atoms with E-state index < -0.39 is 0 Å². The molecule has 1 aliphatic rings. The zero-order chi connectivity index (χ0) is 15.0. The second kappa shape index (κ2) is 9.34. The Bertz CT molecular complexity index is 322. The van der Waals surface area contributed by atoms with Crippen molar-refractivity contribution < 1.29 is 0 Å². The average Bonchev–Trinajstić information content (AvgIpc) is 2.42. The quantitative estimate of drug-likeness (QED) is 0.363. The van der Waals surface area contributed by atoms with Crippen LogP contribution in [0.25, 0.3) is 0 Å². The number of rotatable bonds is 4. The summed E-state index contributed by atoms with van der Waals surface area (Å²) in [6.07, 6.45) is 6.05. The van der Waals surface area contributed by atoms with Gasteiger partial charge in [-0.25, -0.2) is 0 Å². The Balaban J connectivity index is 2.21. The maximum absolute atomic E-state index is 5.31. The molecule has 0 amide bonds. The standard InChI is InChI=1S/C14H28N4S2/c1-4-5-9-15-13(19)17-18-14(20)16-12-8-6-7-10(2)11(12)3/h10-12H,4-9H2,1-3H3,(H2,15,17,19)(H2,16,18,20)/t10-,11+,12-/m1/s1. The maximum Gasteiger partial charge on any atom is 0.185 e. The van der Waals surface area contributed by atoms with Crippen LogP contribution in [0.15, 0.2) is 0 Å². The fourth-order valence-corrected chi connectivity index (χ4v) is 2.88. The van der Waals surface area contributed by atoms with Crippen LogP contribution in [-0.2, 0) is 0 Å². The molecule has 1 aliphatic carbocycles. The van der Waals surface area contributed by atoms with Gasteiger partial charge in [0.2, 0.25) is 0 Å². The monoisotopic (exact) mass is 316 g/mol. The van der Waals surface area contributed by atoms with Gasteiger partial charge in [-0.2, -0.15) is 0 Å². The number of hydrazine groups is 1. The van der Waals surface area contributed by atoms with Crippen molar-refractivity contribution >= 4 is 34.7 Å². The molecule has 0 bridgehead atoms.